The minimum Gasteiger partial charge on any atom is -0.497 e. The van der Waals surface area contributed by atoms with Crippen molar-refractivity contribution in [3.8, 4) is 5.75 Å². The zero-order chi connectivity index (χ0) is 12.3. The van der Waals surface area contributed by atoms with Crippen LogP contribution in [0.1, 0.15) is 13.3 Å². The quantitative estimate of drug-likeness (QED) is 0.892. The molecule has 0 bridgehead atoms. The Morgan fingerprint density at radius 3 is 3.06 bits per heavy atom. The summed E-state index contributed by atoms with van der Waals surface area (Å²) in [5, 5.41) is 0.633. The van der Waals surface area contributed by atoms with E-state index in [0.717, 1.165) is 31.8 Å². The summed E-state index contributed by atoms with van der Waals surface area (Å²) in [5.41, 5.74) is 6.89. The first-order valence-corrected chi connectivity index (χ1v) is 6.92. The molecule has 2 N–H and O–H groups in total. The predicted octanol–water partition coefficient (Wildman–Crippen LogP) is 2.34. The average Bonchev–Trinajstić information content (AvgIpc) is 2.35. The summed E-state index contributed by atoms with van der Waals surface area (Å²) < 4.78 is 5.30. The summed E-state index contributed by atoms with van der Waals surface area (Å²) in [6.07, 6.45) is 1.04. The van der Waals surface area contributed by atoms with Crippen LogP contribution in [0.3, 0.4) is 0 Å². The number of thioether (sulfide) groups is 1. The molecule has 94 valence electrons. The molecule has 3 nitrogen and oxygen atoms in total. The Bertz CT molecular complexity index is 384. The van der Waals surface area contributed by atoms with Crippen LogP contribution >= 0.6 is 11.8 Å². The van der Waals surface area contributed by atoms with Crippen LogP contribution < -0.4 is 15.4 Å². The second kappa shape index (κ2) is 5.65. The normalized spacial score (nSPS) is 19.0. The van der Waals surface area contributed by atoms with Crippen LogP contribution in [0.25, 0.3) is 0 Å². The summed E-state index contributed by atoms with van der Waals surface area (Å²) in [6, 6.07) is 6.32. The lowest BCUT2D eigenvalue weighted by Gasteiger charge is -2.34. The highest BCUT2D eigenvalue weighted by atomic mass is 32.2. The van der Waals surface area contributed by atoms with Crippen LogP contribution in [0.2, 0.25) is 0 Å². The molecule has 0 amide bonds. The fourth-order valence-corrected chi connectivity index (χ4v) is 3.27. The molecule has 1 aromatic rings. The molecule has 1 atom stereocenters. The standard InChI is InChI=1S/C13H20N2OS/c1-10-9-15(7-3-6-14)12-8-11(16-2)4-5-13(12)17-10/h4-5,8,10H,3,6-7,9,14H2,1-2H3. The molecule has 17 heavy (non-hydrogen) atoms. The smallest absolute Gasteiger partial charge is 0.121 e. The third-order valence-corrected chi connectivity index (χ3v) is 4.10. The first-order chi connectivity index (χ1) is 8.24. The highest BCUT2D eigenvalue weighted by Gasteiger charge is 2.22. The van der Waals surface area contributed by atoms with Crippen molar-refractivity contribution in [2.75, 3.05) is 31.6 Å². The van der Waals surface area contributed by atoms with Gasteiger partial charge in [0.1, 0.15) is 5.75 Å². The van der Waals surface area contributed by atoms with Crippen LogP contribution in [-0.4, -0.2) is 32.0 Å². The number of hydrogen-bond donors (Lipinski definition) is 1. The van der Waals surface area contributed by atoms with E-state index in [4.69, 9.17) is 10.5 Å². The molecule has 1 aliphatic heterocycles. The zero-order valence-electron chi connectivity index (χ0n) is 10.5. The SMILES string of the molecule is COc1ccc2c(c1)N(CCCN)CC(C)S2. The van der Waals surface area contributed by atoms with Crippen molar-refractivity contribution in [3.05, 3.63) is 18.2 Å². The first-order valence-electron chi connectivity index (χ1n) is 6.04. The topological polar surface area (TPSA) is 38.5 Å². The van der Waals surface area contributed by atoms with Crippen LogP contribution in [0.4, 0.5) is 5.69 Å². The van der Waals surface area contributed by atoms with E-state index in [1.165, 1.54) is 10.6 Å². The van der Waals surface area contributed by atoms with Gasteiger partial charge in [-0.1, -0.05) is 6.92 Å². The maximum absolute atomic E-state index is 5.60. The lowest BCUT2D eigenvalue weighted by molar-refractivity contribution is 0.414. The van der Waals surface area contributed by atoms with Crippen LogP contribution in [0, 0.1) is 0 Å². The van der Waals surface area contributed by atoms with Crippen LogP contribution in [-0.2, 0) is 0 Å². The van der Waals surface area contributed by atoms with Crippen molar-refractivity contribution in [1.29, 1.82) is 0 Å². The Labute approximate surface area is 107 Å². The van der Waals surface area contributed by atoms with Crippen molar-refractivity contribution in [3.63, 3.8) is 0 Å². The second-order valence-electron chi connectivity index (χ2n) is 4.35. The van der Waals surface area contributed by atoms with E-state index in [1.807, 2.05) is 17.8 Å². The maximum atomic E-state index is 5.60. The third kappa shape index (κ3) is 2.87. The molecule has 0 radical (unpaired) electrons. The van der Waals surface area contributed by atoms with E-state index in [1.54, 1.807) is 7.11 Å². The minimum atomic E-state index is 0.633. The van der Waals surface area contributed by atoms with Gasteiger partial charge in [-0.3, -0.25) is 0 Å². The van der Waals surface area contributed by atoms with E-state index in [-0.39, 0.29) is 0 Å². The molecule has 0 aromatic heterocycles. The van der Waals surface area contributed by atoms with E-state index in [2.05, 4.69) is 24.0 Å². The summed E-state index contributed by atoms with van der Waals surface area (Å²) in [6.45, 7) is 5.14. The average molecular weight is 252 g/mol. The Balaban J connectivity index is 2.25. The van der Waals surface area contributed by atoms with Gasteiger partial charge in [0.2, 0.25) is 0 Å². The molecular weight excluding hydrogens is 232 g/mol. The monoisotopic (exact) mass is 252 g/mol. The number of nitrogens with zero attached hydrogens (tertiary/aromatic N) is 1. The van der Waals surface area contributed by atoms with E-state index >= 15 is 0 Å². The molecular formula is C13H20N2OS. The Kier molecular flexibility index (Phi) is 4.18. The van der Waals surface area contributed by atoms with Gasteiger partial charge >= 0.3 is 0 Å². The molecule has 2 rings (SSSR count). The highest BCUT2D eigenvalue weighted by Crippen LogP contribution is 2.40. The van der Waals surface area contributed by atoms with E-state index < -0.39 is 0 Å². The van der Waals surface area contributed by atoms with Crippen molar-refractivity contribution in [2.45, 2.75) is 23.5 Å². The summed E-state index contributed by atoms with van der Waals surface area (Å²) in [7, 11) is 1.71. The molecule has 0 spiro atoms. The largest absolute Gasteiger partial charge is 0.497 e. The number of nitrogens with two attached hydrogens (primary N) is 1. The van der Waals surface area contributed by atoms with E-state index in [9.17, 15) is 0 Å². The Hall–Kier alpha value is -0.870. The van der Waals surface area contributed by atoms with Crippen molar-refractivity contribution < 1.29 is 4.74 Å². The summed E-state index contributed by atoms with van der Waals surface area (Å²) >= 11 is 1.94. The van der Waals surface area contributed by atoms with E-state index in [0.29, 0.717) is 5.25 Å². The number of fused-ring (bicyclic) bond motifs is 1. The van der Waals surface area contributed by atoms with Gasteiger partial charge < -0.3 is 15.4 Å². The fraction of sp³-hybridized carbons (Fsp3) is 0.538. The number of ether oxygens (including phenoxy) is 1. The number of hydrogen-bond acceptors (Lipinski definition) is 4. The van der Waals surface area contributed by atoms with Gasteiger partial charge in [-0.2, -0.15) is 0 Å². The lowest BCUT2D eigenvalue weighted by atomic mass is 10.2. The first kappa shape index (κ1) is 12.6. The van der Waals surface area contributed by atoms with Gasteiger partial charge in [0, 0.05) is 29.3 Å². The molecule has 0 aliphatic carbocycles. The van der Waals surface area contributed by atoms with Gasteiger partial charge in [0.25, 0.3) is 0 Å². The van der Waals surface area contributed by atoms with Crippen LogP contribution in [0.5, 0.6) is 5.75 Å². The fourth-order valence-electron chi connectivity index (χ4n) is 2.13. The molecule has 1 aliphatic rings. The third-order valence-electron chi connectivity index (χ3n) is 2.94. The number of anilines is 1. The second-order valence-corrected chi connectivity index (χ2v) is 5.83. The molecule has 1 aromatic carbocycles. The molecule has 1 unspecified atom stereocenters. The molecule has 0 fully saturated rings. The molecule has 1 heterocycles. The van der Waals surface area contributed by atoms with Crippen LogP contribution in [0.15, 0.2) is 23.1 Å². The number of methoxy groups -OCH3 is 1. The minimum absolute atomic E-state index is 0.633. The molecule has 4 heteroatoms. The molecule has 0 saturated heterocycles. The lowest BCUT2D eigenvalue weighted by Crippen LogP contribution is -2.34. The predicted molar refractivity (Wildman–Crippen MR) is 74.2 cm³/mol. The maximum Gasteiger partial charge on any atom is 0.121 e. The van der Waals surface area contributed by atoms with Gasteiger partial charge in [-0.15, -0.1) is 11.8 Å². The van der Waals surface area contributed by atoms with Crippen molar-refractivity contribution in [2.24, 2.45) is 5.73 Å². The number of rotatable bonds is 4. The van der Waals surface area contributed by atoms with Gasteiger partial charge in [0.05, 0.1) is 12.8 Å². The van der Waals surface area contributed by atoms with Crippen molar-refractivity contribution >= 4 is 17.4 Å². The Morgan fingerprint density at radius 2 is 2.35 bits per heavy atom. The van der Waals surface area contributed by atoms with Gasteiger partial charge in [0.15, 0.2) is 0 Å². The van der Waals surface area contributed by atoms with Crippen molar-refractivity contribution in [1.82, 2.24) is 0 Å². The van der Waals surface area contributed by atoms with Gasteiger partial charge in [-0.25, -0.2) is 0 Å². The number of benzene rings is 1. The Morgan fingerprint density at radius 1 is 1.53 bits per heavy atom. The highest BCUT2D eigenvalue weighted by molar-refractivity contribution is 8.00. The summed E-state index contributed by atoms with van der Waals surface area (Å²) in [4.78, 5) is 3.77. The summed E-state index contributed by atoms with van der Waals surface area (Å²) in [5.74, 6) is 0.927. The van der Waals surface area contributed by atoms with Gasteiger partial charge in [-0.05, 0) is 25.1 Å². The molecule has 0 saturated carbocycles. The zero-order valence-corrected chi connectivity index (χ0v) is 11.3.